The first kappa shape index (κ1) is 12.1. The van der Waals surface area contributed by atoms with E-state index in [0.717, 1.165) is 29.7 Å². The maximum atomic E-state index is 11.3. The van der Waals surface area contributed by atoms with Crippen LogP contribution in [0.25, 0.3) is 0 Å². The molecule has 0 saturated heterocycles. The molecule has 0 spiro atoms. The van der Waals surface area contributed by atoms with E-state index in [1.807, 2.05) is 4.57 Å². The van der Waals surface area contributed by atoms with Crippen LogP contribution in [0.3, 0.4) is 0 Å². The summed E-state index contributed by atoms with van der Waals surface area (Å²) in [6, 6.07) is 0. The maximum absolute atomic E-state index is 11.3. The van der Waals surface area contributed by atoms with Crippen molar-refractivity contribution in [2.45, 2.75) is 32.1 Å². The zero-order valence-corrected chi connectivity index (χ0v) is 11.8. The third-order valence-corrected chi connectivity index (χ3v) is 4.30. The van der Waals surface area contributed by atoms with Crippen LogP contribution in [-0.2, 0) is 28.6 Å². The molecule has 0 saturated carbocycles. The fourth-order valence-electron chi connectivity index (χ4n) is 2.09. The number of nitrogens with zero attached hydrogens (tertiary/aromatic N) is 2. The van der Waals surface area contributed by atoms with Gasteiger partial charge in [0, 0.05) is 12.8 Å². The Kier molecular flexibility index (Phi) is 3.13. The van der Waals surface area contributed by atoms with Crippen molar-refractivity contribution in [1.29, 1.82) is 0 Å². The van der Waals surface area contributed by atoms with Crippen molar-refractivity contribution in [3.8, 4) is 0 Å². The molecule has 90 valence electrons. The summed E-state index contributed by atoms with van der Waals surface area (Å²) in [5.74, 6) is 1.34. The number of imidazole rings is 1. The summed E-state index contributed by atoms with van der Waals surface area (Å²) < 4.78 is 25.4. The Bertz CT molecular complexity index is 507. The zero-order valence-electron chi connectivity index (χ0n) is 9.40. The molecule has 2 rings (SSSR count). The van der Waals surface area contributed by atoms with Gasteiger partial charge in [-0.25, -0.2) is 13.4 Å². The molecule has 0 fully saturated rings. The highest BCUT2D eigenvalue weighted by molar-refractivity contribution is 9.10. The molecular weight excluding hydrogens is 292 g/mol. The highest BCUT2D eigenvalue weighted by atomic mass is 79.9. The lowest BCUT2D eigenvalue weighted by atomic mass is 9.99. The van der Waals surface area contributed by atoms with Crippen molar-refractivity contribution in [2.75, 3.05) is 6.26 Å². The number of aromatic nitrogens is 2. The average molecular weight is 307 g/mol. The zero-order chi connectivity index (χ0) is 11.9. The van der Waals surface area contributed by atoms with Crippen molar-refractivity contribution in [2.24, 2.45) is 5.92 Å². The number of hydrogen-bond donors (Lipinski definition) is 0. The molecule has 0 aliphatic carbocycles. The van der Waals surface area contributed by atoms with E-state index in [4.69, 9.17) is 0 Å². The maximum Gasteiger partial charge on any atom is 0.154 e. The van der Waals surface area contributed by atoms with E-state index in [9.17, 15) is 8.42 Å². The lowest BCUT2D eigenvalue weighted by Gasteiger charge is -2.21. The minimum atomic E-state index is -3.02. The number of fused-ring (bicyclic) bond motifs is 1. The molecule has 0 radical (unpaired) electrons. The van der Waals surface area contributed by atoms with Gasteiger partial charge in [0.15, 0.2) is 9.84 Å². The molecule has 2 heterocycles. The Balaban J connectivity index is 2.39. The van der Waals surface area contributed by atoms with Crippen molar-refractivity contribution >= 4 is 25.8 Å². The fraction of sp³-hybridized carbons (Fsp3) is 0.700. The molecule has 1 unspecified atom stereocenters. The molecule has 1 atom stereocenters. The highest BCUT2D eigenvalue weighted by Gasteiger charge is 2.23. The smallest absolute Gasteiger partial charge is 0.154 e. The number of sulfone groups is 1. The first-order valence-corrected chi connectivity index (χ1v) is 8.13. The van der Waals surface area contributed by atoms with Crippen LogP contribution in [0, 0.1) is 5.92 Å². The topological polar surface area (TPSA) is 52.0 Å². The Morgan fingerprint density at radius 3 is 2.88 bits per heavy atom. The van der Waals surface area contributed by atoms with Crippen LogP contribution in [0.15, 0.2) is 4.60 Å². The predicted octanol–water partition coefficient (Wildman–Crippen LogP) is 1.77. The second-order valence-electron chi connectivity index (χ2n) is 4.59. The van der Waals surface area contributed by atoms with Gasteiger partial charge in [0.25, 0.3) is 0 Å². The molecule has 1 aromatic heterocycles. The average Bonchev–Trinajstić information content (AvgIpc) is 2.40. The normalized spacial score (nSPS) is 20.8. The van der Waals surface area contributed by atoms with Gasteiger partial charge in [-0.15, -0.1) is 0 Å². The van der Waals surface area contributed by atoms with E-state index < -0.39 is 9.84 Å². The molecular formula is C10H15BrN2O2S. The van der Waals surface area contributed by atoms with Crippen LogP contribution in [0.2, 0.25) is 0 Å². The Morgan fingerprint density at radius 1 is 1.56 bits per heavy atom. The highest BCUT2D eigenvalue weighted by Crippen LogP contribution is 2.28. The lowest BCUT2D eigenvalue weighted by Crippen LogP contribution is -2.19. The quantitative estimate of drug-likeness (QED) is 0.837. The van der Waals surface area contributed by atoms with E-state index in [-0.39, 0.29) is 5.75 Å². The van der Waals surface area contributed by atoms with Gasteiger partial charge >= 0.3 is 0 Å². The van der Waals surface area contributed by atoms with Gasteiger partial charge in [-0.2, -0.15) is 0 Å². The molecule has 0 bridgehead atoms. The van der Waals surface area contributed by atoms with Gasteiger partial charge in [0.2, 0.25) is 0 Å². The first-order chi connectivity index (χ1) is 7.37. The standard InChI is InChI=1S/C10H15BrN2O2S/c1-7-3-4-13-8(5-7)10(11)12-9(13)6-16(2,14)15/h7H,3-6H2,1-2H3. The number of halogens is 1. The number of hydrogen-bond acceptors (Lipinski definition) is 3. The van der Waals surface area contributed by atoms with Crippen molar-refractivity contribution in [3.63, 3.8) is 0 Å². The van der Waals surface area contributed by atoms with E-state index in [1.54, 1.807) is 0 Å². The van der Waals surface area contributed by atoms with E-state index >= 15 is 0 Å². The summed E-state index contributed by atoms with van der Waals surface area (Å²) in [4.78, 5) is 4.31. The van der Waals surface area contributed by atoms with Gasteiger partial charge in [-0.05, 0) is 34.7 Å². The summed E-state index contributed by atoms with van der Waals surface area (Å²) in [5.41, 5.74) is 1.14. The summed E-state index contributed by atoms with van der Waals surface area (Å²) >= 11 is 3.41. The van der Waals surface area contributed by atoms with Crippen molar-refractivity contribution in [1.82, 2.24) is 9.55 Å². The molecule has 6 heteroatoms. The van der Waals surface area contributed by atoms with Crippen LogP contribution in [0.4, 0.5) is 0 Å². The molecule has 1 aliphatic heterocycles. The van der Waals surface area contributed by atoms with Gasteiger partial charge < -0.3 is 4.57 Å². The van der Waals surface area contributed by atoms with Gasteiger partial charge in [-0.3, -0.25) is 0 Å². The first-order valence-electron chi connectivity index (χ1n) is 5.28. The monoisotopic (exact) mass is 306 g/mol. The van der Waals surface area contributed by atoms with E-state index in [0.29, 0.717) is 11.7 Å². The van der Waals surface area contributed by atoms with Gasteiger partial charge in [0.05, 0.1) is 5.69 Å². The SMILES string of the molecule is CC1CCn2c(CS(C)(=O)=O)nc(Br)c2C1. The van der Waals surface area contributed by atoms with Crippen LogP contribution < -0.4 is 0 Å². The summed E-state index contributed by atoms with van der Waals surface area (Å²) in [7, 11) is -3.02. The molecule has 0 aromatic carbocycles. The van der Waals surface area contributed by atoms with Crippen LogP contribution in [-0.4, -0.2) is 24.2 Å². The Labute approximate surface area is 104 Å². The predicted molar refractivity (Wildman–Crippen MR) is 66.0 cm³/mol. The summed E-state index contributed by atoms with van der Waals surface area (Å²) in [6.45, 7) is 3.08. The van der Waals surface area contributed by atoms with Gasteiger partial charge in [-0.1, -0.05) is 6.92 Å². The van der Waals surface area contributed by atoms with Crippen LogP contribution in [0.5, 0.6) is 0 Å². The minimum Gasteiger partial charge on any atom is -0.330 e. The third-order valence-electron chi connectivity index (χ3n) is 2.88. The van der Waals surface area contributed by atoms with Crippen molar-refractivity contribution < 1.29 is 8.42 Å². The molecule has 4 nitrogen and oxygen atoms in total. The van der Waals surface area contributed by atoms with Crippen LogP contribution >= 0.6 is 15.9 Å². The van der Waals surface area contributed by atoms with Gasteiger partial charge in [0.1, 0.15) is 16.2 Å². The molecule has 16 heavy (non-hydrogen) atoms. The van der Waals surface area contributed by atoms with Crippen LogP contribution in [0.1, 0.15) is 24.9 Å². The molecule has 1 aromatic rings. The summed E-state index contributed by atoms with van der Waals surface area (Å²) in [6.07, 6.45) is 3.30. The second kappa shape index (κ2) is 4.14. The molecule has 0 amide bonds. The van der Waals surface area contributed by atoms with E-state index in [2.05, 4.69) is 27.8 Å². The molecule has 1 aliphatic rings. The fourth-order valence-corrected chi connectivity index (χ4v) is 3.36. The lowest BCUT2D eigenvalue weighted by molar-refractivity contribution is 0.410. The third kappa shape index (κ3) is 2.48. The summed E-state index contributed by atoms with van der Waals surface area (Å²) in [5, 5.41) is 0. The van der Waals surface area contributed by atoms with Crippen molar-refractivity contribution in [3.05, 3.63) is 16.1 Å². The number of rotatable bonds is 2. The minimum absolute atomic E-state index is 0.0278. The Morgan fingerprint density at radius 2 is 2.25 bits per heavy atom. The van der Waals surface area contributed by atoms with E-state index in [1.165, 1.54) is 6.26 Å². The largest absolute Gasteiger partial charge is 0.330 e. The second-order valence-corrected chi connectivity index (χ2v) is 7.48. The molecule has 0 N–H and O–H groups in total. The Hall–Kier alpha value is -0.360.